The molecule has 84 valence electrons. The fraction of sp³-hybridized carbons (Fsp3) is 1.00. The number of nitrogens with two attached hydrogens (primary N) is 1. The summed E-state index contributed by atoms with van der Waals surface area (Å²) in [5.74, 6) is 0. The van der Waals surface area contributed by atoms with Crippen LogP contribution in [0.5, 0.6) is 0 Å². The van der Waals surface area contributed by atoms with Gasteiger partial charge in [-0.05, 0) is 33.6 Å². The first-order valence-electron chi connectivity index (χ1n) is 5.45. The molecule has 0 heterocycles. The van der Waals surface area contributed by atoms with Crippen molar-refractivity contribution in [2.75, 3.05) is 13.2 Å². The quantitative estimate of drug-likeness (QED) is 0.691. The van der Waals surface area contributed by atoms with Crippen LogP contribution in [0.2, 0.25) is 0 Å². The number of ether oxygens (including phenoxy) is 2. The van der Waals surface area contributed by atoms with Crippen molar-refractivity contribution in [2.24, 2.45) is 11.1 Å². The number of hydrogen-bond donors (Lipinski definition) is 1. The summed E-state index contributed by atoms with van der Waals surface area (Å²) in [6, 6.07) is 0. The van der Waals surface area contributed by atoms with E-state index in [1.807, 2.05) is 13.8 Å². The van der Waals surface area contributed by atoms with E-state index in [4.69, 9.17) is 15.2 Å². The second-order valence-corrected chi connectivity index (χ2v) is 4.90. The molecule has 1 rings (SSSR count). The van der Waals surface area contributed by atoms with Crippen LogP contribution in [0.4, 0.5) is 0 Å². The van der Waals surface area contributed by atoms with E-state index in [1.165, 1.54) is 0 Å². The van der Waals surface area contributed by atoms with E-state index >= 15 is 0 Å². The van der Waals surface area contributed by atoms with Crippen LogP contribution in [-0.2, 0) is 9.47 Å². The summed E-state index contributed by atoms with van der Waals surface area (Å²) in [6.07, 6.45) is 1.86. The first kappa shape index (κ1) is 12.0. The smallest absolute Gasteiger partial charge is 0.162 e. The third-order valence-corrected chi connectivity index (χ3v) is 2.82. The Morgan fingerprint density at radius 3 is 1.86 bits per heavy atom. The summed E-state index contributed by atoms with van der Waals surface area (Å²) < 4.78 is 11.2. The minimum Gasteiger partial charge on any atom is -0.352 e. The minimum absolute atomic E-state index is 0.0266. The minimum atomic E-state index is -0.0888. The van der Waals surface area contributed by atoms with Gasteiger partial charge in [0.15, 0.2) is 6.29 Å². The fourth-order valence-corrected chi connectivity index (χ4v) is 2.71. The molecule has 0 atom stereocenters. The largest absolute Gasteiger partial charge is 0.352 e. The van der Waals surface area contributed by atoms with E-state index in [-0.39, 0.29) is 17.2 Å². The standard InChI is InChI=1S/C11H23NO2/c1-5-13-9(14-6-2)10(3)7-11(4,12)8-10/h9H,5-8,12H2,1-4H3. The molecule has 0 spiro atoms. The zero-order chi connectivity index (χ0) is 10.8. The molecule has 0 amide bonds. The van der Waals surface area contributed by atoms with Crippen LogP contribution in [0.15, 0.2) is 0 Å². The topological polar surface area (TPSA) is 44.5 Å². The molecule has 0 unspecified atom stereocenters. The van der Waals surface area contributed by atoms with Gasteiger partial charge in [-0.25, -0.2) is 0 Å². The van der Waals surface area contributed by atoms with Gasteiger partial charge in [0, 0.05) is 24.2 Å². The van der Waals surface area contributed by atoms with Gasteiger partial charge in [-0.3, -0.25) is 0 Å². The number of rotatable bonds is 5. The lowest BCUT2D eigenvalue weighted by atomic mass is 9.59. The molecule has 0 aromatic rings. The molecule has 1 aliphatic carbocycles. The Morgan fingerprint density at radius 2 is 1.57 bits per heavy atom. The van der Waals surface area contributed by atoms with Gasteiger partial charge in [-0.1, -0.05) is 6.92 Å². The van der Waals surface area contributed by atoms with Crippen molar-refractivity contribution in [3.63, 3.8) is 0 Å². The highest BCUT2D eigenvalue weighted by molar-refractivity contribution is 5.04. The Hall–Kier alpha value is -0.120. The van der Waals surface area contributed by atoms with Crippen LogP contribution in [0.25, 0.3) is 0 Å². The molecule has 0 aromatic heterocycles. The lowest BCUT2D eigenvalue weighted by Gasteiger charge is -2.53. The van der Waals surface area contributed by atoms with E-state index in [0.29, 0.717) is 13.2 Å². The van der Waals surface area contributed by atoms with Crippen molar-refractivity contribution in [1.82, 2.24) is 0 Å². The van der Waals surface area contributed by atoms with Crippen molar-refractivity contribution in [3.8, 4) is 0 Å². The molecule has 3 nitrogen and oxygen atoms in total. The molecule has 1 aliphatic rings. The SMILES string of the molecule is CCOC(OCC)C1(C)CC(C)(N)C1. The van der Waals surface area contributed by atoms with E-state index in [1.54, 1.807) is 0 Å². The molecule has 2 N–H and O–H groups in total. The second kappa shape index (κ2) is 4.17. The van der Waals surface area contributed by atoms with Gasteiger partial charge in [-0.2, -0.15) is 0 Å². The van der Waals surface area contributed by atoms with Crippen molar-refractivity contribution in [3.05, 3.63) is 0 Å². The highest BCUT2D eigenvalue weighted by Crippen LogP contribution is 2.50. The third-order valence-electron chi connectivity index (χ3n) is 2.82. The molecule has 0 saturated heterocycles. The normalized spacial score (nSPS) is 37.3. The predicted molar refractivity (Wildman–Crippen MR) is 57.0 cm³/mol. The summed E-state index contributed by atoms with van der Waals surface area (Å²) in [5.41, 5.74) is 6.10. The second-order valence-electron chi connectivity index (χ2n) is 4.90. The summed E-state index contributed by atoms with van der Waals surface area (Å²) >= 11 is 0. The average Bonchev–Trinajstić information content (AvgIpc) is 2.00. The van der Waals surface area contributed by atoms with Crippen molar-refractivity contribution in [2.45, 2.75) is 52.4 Å². The maximum absolute atomic E-state index is 6.02. The molecule has 1 fully saturated rings. The monoisotopic (exact) mass is 201 g/mol. The first-order chi connectivity index (χ1) is 6.43. The summed E-state index contributed by atoms with van der Waals surface area (Å²) in [6.45, 7) is 9.66. The Balaban J connectivity index is 2.51. The van der Waals surface area contributed by atoms with Crippen molar-refractivity contribution < 1.29 is 9.47 Å². The van der Waals surface area contributed by atoms with Crippen LogP contribution >= 0.6 is 0 Å². The summed E-state index contributed by atoms with van der Waals surface area (Å²) in [4.78, 5) is 0. The fourth-order valence-electron chi connectivity index (χ4n) is 2.71. The lowest BCUT2D eigenvalue weighted by Crippen LogP contribution is -2.60. The van der Waals surface area contributed by atoms with Gasteiger partial charge in [-0.15, -0.1) is 0 Å². The van der Waals surface area contributed by atoms with Gasteiger partial charge >= 0.3 is 0 Å². The van der Waals surface area contributed by atoms with Crippen molar-refractivity contribution in [1.29, 1.82) is 0 Å². The van der Waals surface area contributed by atoms with Gasteiger partial charge in [0.2, 0.25) is 0 Å². The highest BCUT2D eigenvalue weighted by atomic mass is 16.7. The zero-order valence-corrected chi connectivity index (χ0v) is 9.80. The molecule has 3 heteroatoms. The van der Waals surface area contributed by atoms with Crippen molar-refractivity contribution >= 4 is 0 Å². The molecule has 14 heavy (non-hydrogen) atoms. The average molecular weight is 201 g/mol. The van der Waals surface area contributed by atoms with Crippen LogP contribution in [-0.4, -0.2) is 25.0 Å². The maximum atomic E-state index is 6.02. The lowest BCUT2D eigenvalue weighted by molar-refractivity contribution is -0.232. The molecular weight excluding hydrogens is 178 g/mol. The highest BCUT2D eigenvalue weighted by Gasteiger charge is 2.52. The Kier molecular flexibility index (Phi) is 3.56. The van der Waals surface area contributed by atoms with Crippen LogP contribution in [0.3, 0.4) is 0 Å². The molecule has 0 aromatic carbocycles. The van der Waals surface area contributed by atoms with Crippen LogP contribution < -0.4 is 5.73 Å². The van der Waals surface area contributed by atoms with E-state index in [0.717, 1.165) is 12.8 Å². The Labute approximate surface area is 86.9 Å². The molecule has 0 aliphatic heterocycles. The molecule has 0 bridgehead atoms. The maximum Gasteiger partial charge on any atom is 0.162 e. The molecule has 0 radical (unpaired) electrons. The van der Waals surface area contributed by atoms with E-state index < -0.39 is 0 Å². The van der Waals surface area contributed by atoms with Gasteiger partial charge in [0.25, 0.3) is 0 Å². The first-order valence-corrected chi connectivity index (χ1v) is 5.45. The van der Waals surface area contributed by atoms with E-state index in [9.17, 15) is 0 Å². The Bertz CT molecular complexity index is 178. The molecule has 1 saturated carbocycles. The molecular formula is C11H23NO2. The third kappa shape index (κ3) is 2.47. The zero-order valence-electron chi connectivity index (χ0n) is 9.80. The number of hydrogen-bond acceptors (Lipinski definition) is 3. The van der Waals surface area contributed by atoms with Gasteiger partial charge in [0.1, 0.15) is 0 Å². The van der Waals surface area contributed by atoms with E-state index in [2.05, 4.69) is 13.8 Å². The predicted octanol–water partition coefficient (Wildman–Crippen LogP) is 1.90. The van der Waals surface area contributed by atoms with Crippen LogP contribution in [0, 0.1) is 5.41 Å². The Morgan fingerprint density at radius 1 is 1.14 bits per heavy atom. The summed E-state index contributed by atoms with van der Waals surface area (Å²) in [5, 5.41) is 0. The summed E-state index contributed by atoms with van der Waals surface area (Å²) in [7, 11) is 0. The van der Waals surface area contributed by atoms with Gasteiger partial charge in [0.05, 0.1) is 0 Å². The van der Waals surface area contributed by atoms with Gasteiger partial charge < -0.3 is 15.2 Å². The van der Waals surface area contributed by atoms with Crippen LogP contribution in [0.1, 0.15) is 40.5 Å².